The van der Waals surface area contributed by atoms with Crippen molar-refractivity contribution in [1.29, 1.82) is 0 Å². The van der Waals surface area contributed by atoms with Crippen molar-refractivity contribution in [2.75, 3.05) is 7.11 Å². The van der Waals surface area contributed by atoms with Crippen molar-refractivity contribution in [3.8, 4) is 5.75 Å². The van der Waals surface area contributed by atoms with Crippen molar-refractivity contribution in [2.45, 2.75) is 20.8 Å². The van der Waals surface area contributed by atoms with Crippen LogP contribution in [0.2, 0.25) is 0 Å². The minimum absolute atomic E-state index is 0.0528. The zero-order valence-corrected chi connectivity index (χ0v) is 9.30. The molecule has 0 amide bonds. The fourth-order valence-electron chi connectivity index (χ4n) is 1.07. The van der Waals surface area contributed by atoms with Crippen molar-refractivity contribution < 1.29 is 19.0 Å². The normalized spacial score (nSPS) is 8.87. The molecule has 0 aliphatic rings. The summed E-state index contributed by atoms with van der Waals surface area (Å²) in [6, 6.07) is 2.91. The average Bonchev–Trinajstić information content (AvgIpc) is 2.20. The molecular weight excluding hydrogens is 199 g/mol. The number of benzene rings is 1. The third-order valence-electron chi connectivity index (χ3n) is 1.75. The summed E-state index contributed by atoms with van der Waals surface area (Å²) in [6.07, 6.45) is 0. The first kappa shape index (κ1) is 13.4. The van der Waals surface area contributed by atoms with Gasteiger partial charge in [0.1, 0.15) is 5.56 Å². The van der Waals surface area contributed by atoms with E-state index in [4.69, 9.17) is 5.11 Å². The van der Waals surface area contributed by atoms with Crippen molar-refractivity contribution in [3.05, 3.63) is 29.1 Å². The molecule has 0 saturated carbocycles. The standard InChI is InChI=1S/C9H9FO3.C2H6/c1-5-3-4-6(13-2)8(10)7(5)9(11)12;1-2/h3-4H,1-2H3,(H,11,12);1-2H3. The predicted molar refractivity (Wildman–Crippen MR) is 56.0 cm³/mol. The number of carboxylic acid groups (broad SMARTS) is 1. The molecule has 1 rings (SSSR count). The lowest BCUT2D eigenvalue weighted by atomic mass is 10.1. The van der Waals surface area contributed by atoms with E-state index in [1.165, 1.54) is 26.2 Å². The molecule has 15 heavy (non-hydrogen) atoms. The number of carbonyl (C=O) groups is 1. The van der Waals surface area contributed by atoms with E-state index in [0.717, 1.165) is 0 Å². The monoisotopic (exact) mass is 214 g/mol. The van der Waals surface area contributed by atoms with Crippen LogP contribution in [0.25, 0.3) is 0 Å². The summed E-state index contributed by atoms with van der Waals surface area (Å²) in [6.45, 7) is 5.53. The van der Waals surface area contributed by atoms with Gasteiger partial charge in [0.2, 0.25) is 0 Å². The third-order valence-corrected chi connectivity index (χ3v) is 1.75. The molecular formula is C11H15FO3. The van der Waals surface area contributed by atoms with Gasteiger partial charge in [0.25, 0.3) is 0 Å². The van der Waals surface area contributed by atoms with E-state index in [9.17, 15) is 9.18 Å². The molecule has 0 radical (unpaired) electrons. The first-order valence-corrected chi connectivity index (χ1v) is 4.64. The fraction of sp³-hybridized carbons (Fsp3) is 0.364. The summed E-state index contributed by atoms with van der Waals surface area (Å²) in [7, 11) is 1.29. The van der Waals surface area contributed by atoms with Gasteiger partial charge in [0.05, 0.1) is 7.11 Å². The largest absolute Gasteiger partial charge is 0.494 e. The smallest absolute Gasteiger partial charge is 0.339 e. The van der Waals surface area contributed by atoms with Crippen LogP contribution in [0.3, 0.4) is 0 Å². The highest BCUT2D eigenvalue weighted by Crippen LogP contribution is 2.22. The Bertz CT molecular complexity index is 348. The highest BCUT2D eigenvalue weighted by atomic mass is 19.1. The van der Waals surface area contributed by atoms with Gasteiger partial charge in [-0.1, -0.05) is 19.9 Å². The van der Waals surface area contributed by atoms with Gasteiger partial charge >= 0.3 is 5.97 Å². The van der Waals surface area contributed by atoms with E-state index in [1.807, 2.05) is 13.8 Å². The quantitative estimate of drug-likeness (QED) is 0.823. The molecule has 1 aromatic rings. The molecule has 0 saturated heterocycles. The van der Waals surface area contributed by atoms with Crippen LogP contribution in [-0.4, -0.2) is 18.2 Å². The van der Waals surface area contributed by atoms with Gasteiger partial charge in [-0.05, 0) is 18.6 Å². The lowest BCUT2D eigenvalue weighted by Gasteiger charge is -2.06. The molecule has 0 fully saturated rings. The van der Waals surface area contributed by atoms with Gasteiger partial charge < -0.3 is 9.84 Å². The van der Waals surface area contributed by atoms with Gasteiger partial charge in [0, 0.05) is 0 Å². The second-order valence-corrected chi connectivity index (χ2v) is 2.58. The van der Waals surface area contributed by atoms with Crippen LogP contribution < -0.4 is 4.74 Å². The molecule has 84 valence electrons. The molecule has 0 spiro atoms. The molecule has 0 heterocycles. The Labute approximate surface area is 88.5 Å². The van der Waals surface area contributed by atoms with E-state index in [1.54, 1.807) is 0 Å². The SMILES string of the molecule is CC.COc1ccc(C)c(C(=O)O)c1F. The van der Waals surface area contributed by atoms with Gasteiger partial charge in [-0.15, -0.1) is 0 Å². The van der Waals surface area contributed by atoms with Crippen molar-refractivity contribution >= 4 is 5.97 Å². The fourth-order valence-corrected chi connectivity index (χ4v) is 1.07. The molecule has 1 aromatic carbocycles. The summed E-state index contributed by atoms with van der Waals surface area (Å²) < 4.78 is 17.9. The number of hydrogen-bond donors (Lipinski definition) is 1. The van der Waals surface area contributed by atoms with Crippen LogP contribution >= 0.6 is 0 Å². The number of ether oxygens (including phenoxy) is 1. The Kier molecular flexibility index (Phi) is 5.37. The lowest BCUT2D eigenvalue weighted by Crippen LogP contribution is -2.05. The number of hydrogen-bond acceptors (Lipinski definition) is 2. The second-order valence-electron chi connectivity index (χ2n) is 2.58. The minimum atomic E-state index is -1.28. The number of halogens is 1. The second kappa shape index (κ2) is 6.01. The highest BCUT2D eigenvalue weighted by molar-refractivity contribution is 5.90. The van der Waals surface area contributed by atoms with Gasteiger partial charge in [-0.3, -0.25) is 0 Å². The lowest BCUT2D eigenvalue weighted by molar-refractivity contribution is 0.0690. The summed E-state index contributed by atoms with van der Waals surface area (Å²) in [5.41, 5.74) is 0.0464. The molecule has 0 bridgehead atoms. The molecule has 0 unspecified atom stereocenters. The third kappa shape index (κ3) is 2.94. The zero-order valence-electron chi connectivity index (χ0n) is 9.30. The topological polar surface area (TPSA) is 46.5 Å². The number of carboxylic acids is 1. The van der Waals surface area contributed by atoms with E-state index in [2.05, 4.69) is 4.74 Å². The van der Waals surface area contributed by atoms with Crippen molar-refractivity contribution in [3.63, 3.8) is 0 Å². The number of methoxy groups -OCH3 is 1. The van der Waals surface area contributed by atoms with Crippen LogP contribution in [0.1, 0.15) is 29.8 Å². The molecule has 3 nitrogen and oxygen atoms in total. The zero-order chi connectivity index (χ0) is 12.0. The summed E-state index contributed by atoms with van der Waals surface area (Å²) >= 11 is 0. The van der Waals surface area contributed by atoms with Crippen molar-refractivity contribution in [2.24, 2.45) is 0 Å². The molecule has 1 N–H and O–H groups in total. The van der Waals surface area contributed by atoms with E-state index < -0.39 is 11.8 Å². The van der Waals surface area contributed by atoms with E-state index >= 15 is 0 Å². The number of aryl methyl sites for hydroxylation is 1. The first-order chi connectivity index (χ1) is 7.07. The highest BCUT2D eigenvalue weighted by Gasteiger charge is 2.17. The Morgan fingerprint density at radius 1 is 1.40 bits per heavy atom. The Balaban J connectivity index is 0.000000921. The maximum absolute atomic E-state index is 13.3. The van der Waals surface area contributed by atoms with Crippen LogP contribution in [0.5, 0.6) is 5.75 Å². The van der Waals surface area contributed by atoms with E-state index in [0.29, 0.717) is 5.56 Å². The Morgan fingerprint density at radius 2 is 1.93 bits per heavy atom. The van der Waals surface area contributed by atoms with Crippen LogP contribution in [0, 0.1) is 12.7 Å². The van der Waals surface area contributed by atoms with Crippen molar-refractivity contribution in [1.82, 2.24) is 0 Å². The van der Waals surface area contributed by atoms with Gasteiger partial charge in [-0.25, -0.2) is 9.18 Å². The minimum Gasteiger partial charge on any atom is -0.494 e. The van der Waals surface area contributed by atoms with Crippen LogP contribution in [0.4, 0.5) is 4.39 Å². The first-order valence-electron chi connectivity index (χ1n) is 4.64. The molecule has 4 heteroatoms. The predicted octanol–water partition coefficient (Wildman–Crippen LogP) is 2.87. The van der Waals surface area contributed by atoms with Crippen LogP contribution in [0.15, 0.2) is 12.1 Å². The summed E-state index contributed by atoms with van der Waals surface area (Å²) in [5.74, 6) is -2.16. The summed E-state index contributed by atoms with van der Waals surface area (Å²) in [4.78, 5) is 10.6. The number of aromatic carboxylic acids is 1. The molecule has 0 aliphatic carbocycles. The van der Waals surface area contributed by atoms with E-state index in [-0.39, 0.29) is 11.3 Å². The van der Waals surface area contributed by atoms with Gasteiger partial charge in [-0.2, -0.15) is 0 Å². The Hall–Kier alpha value is -1.58. The molecule has 0 atom stereocenters. The molecule has 0 aromatic heterocycles. The Morgan fingerprint density at radius 3 is 2.33 bits per heavy atom. The summed E-state index contributed by atoms with van der Waals surface area (Å²) in [5, 5.41) is 8.67. The maximum Gasteiger partial charge on any atom is 0.339 e. The maximum atomic E-state index is 13.3. The molecule has 0 aliphatic heterocycles. The van der Waals surface area contributed by atoms with Gasteiger partial charge in [0.15, 0.2) is 11.6 Å². The number of rotatable bonds is 2. The van der Waals surface area contributed by atoms with Crippen LogP contribution in [-0.2, 0) is 0 Å². The average molecular weight is 214 g/mol.